The number of benzene rings is 2. The van der Waals surface area contributed by atoms with Crippen molar-refractivity contribution in [2.24, 2.45) is 0 Å². The topological polar surface area (TPSA) is 56.3 Å². The number of hydrogen-bond acceptors (Lipinski definition) is 3. The number of nitro benzene ring substituents is 1. The van der Waals surface area contributed by atoms with Gasteiger partial charge in [-0.2, -0.15) is 0 Å². The zero-order chi connectivity index (χ0) is 14.8. The van der Waals surface area contributed by atoms with E-state index in [-0.39, 0.29) is 15.4 Å². The Morgan fingerprint density at radius 1 is 1.14 bits per heavy atom. The second-order valence-electron chi connectivity index (χ2n) is 4.74. The van der Waals surface area contributed by atoms with Crippen LogP contribution in [0.15, 0.2) is 59.2 Å². The van der Waals surface area contributed by atoms with Crippen LogP contribution in [0.3, 0.4) is 0 Å². The first-order valence-electron chi connectivity index (χ1n) is 6.49. The van der Waals surface area contributed by atoms with Gasteiger partial charge in [0.05, 0.1) is 11.2 Å². The predicted molar refractivity (Wildman–Crippen MR) is 84.7 cm³/mol. The van der Waals surface area contributed by atoms with Crippen LogP contribution in [0, 0.1) is 10.1 Å². The first kappa shape index (κ1) is 13.8. The van der Waals surface area contributed by atoms with Crippen LogP contribution in [-0.4, -0.2) is 4.92 Å². The standard InChI is InChI=1S/C16H12BrNO3/c17-14(9-11-5-1-3-7-15(11)18(19)20)13-10-21-16-8-4-2-6-12(13)16/h1-8,10,14H,9H2. The predicted octanol–water partition coefficient (Wildman–Crippen LogP) is 5.02. The smallest absolute Gasteiger partial charge is 0.272 e. The van der Waals surface area contributed by atoms with Crippen LogP contribution in [0.2, 0.25) is 0 Å². The Bertz CT molecular complexity index is 797. The molecule has 0 bridgehead atoms. The van der Waals surface area contributed by atoms with Crippen LogP contribution in [-0.2, 0) is 6.42 Å². The number of fused-ring (bicyclic) bond motifs is 1. The molecule has 21 heavy (non-hydrogen) atoms. The van der Waals surface area contributed by atoms with Gasteiger partial charge in [-0.25, -0.2) is 0 Å². The van der Waals surface area contributed by atoms with Gasteiger partial charge >= 0.3 is 0 Å². The van der Waals surface area contributed by atoms with Gasteiger partial charge < -0.3 is 4.42 Å². The Hall–Kier alpha value is -2.14. The zero-order valence-electron chi connectivity index (χ0n) is 11.0. The van der Waals surface area contributed by atoms with Crippen LogP contribution in [0.25, 0.3) is 11.0 Å². The first-order chi connectivity index (χ1) is 10.2. The molecule has 1 heterocycles. The third-order valence-corrected chi connectivity index (χ3v) is 4.25. The largest absolute Gasteiger partial charge is 0.464 e. The molecule has 4 nitrogen and oxygen atoms in total. The normalized spacial score (nSPS) is 12.4. The second kappa shape index (κ2) is 5.69. The SMILES string of the molecule is O=[N+]([O-])c1ccccc1CC(Br)c1coc2ccccc12. The molecule has 2 aromatic carbocycles. The number of nitro groups is 1. The van der Waals surface area contributed by atoms with Gasteiger partial charge in [0, 0.05) is 27.4 Å². The average Bonchev–Trinajstić information content (AvgIpc) is 2.91. The Kier molecular flexibility index (Phi) is 3.75. The van der Waals surface area contributed by atoms with Crippen LogP contribution in [0.5, 0.6) is 0 Å². The molecule has 1 unspecified atom stereocenters. The molecule has 3 aromatic rings. The van der Waals surface area contributed by atoms with E-state index in [4.69, 9.17) is 4.42 Å². The zero-order valence-corrected chi connectivity index (χ0v) is 12.6. The number of para-hydroxylation sites is 2. The highest BCUT2D eigenvalue weighted by molar-refractivity contribution is 9.09. The van der Waals surface area contributed by atoms with E-state index < -0.39 is 0 Å². The van der Waals surface area contributed by atoms with Gasteiger partial charge in [0.15, 0.2) is 0 Å². The summed E-state index contributed by atoms with van der Waals surface area (Å²) in [6, 6.07) is 14.6. The molecule has 0 saturated carbocycles. The van der Waals surface area contributed by atoms with Gasteiger partial charge in [0.2, 0.25) is 0 Å². The van der Waals surface area contributed by atoms with Crippen molar-refractivity contribution in [3.8, 4) is 0 Å². The third-order valence-electron chi connectivity index (χ3n) is 3.44. The Balaban J connectivity index is 1.93. The lowest BCUT2D eigenvalue weighted by atomic mass is 10.0. The fourth-order valence-electron chi connectivity index (χ4n) is 2.41. The van der Waals surface area contributed by atoms with Crippen molar-refractivity contribution < 1.29 is 9.34 Å². The van der Waals surface area contributed by atoms with Crippen molar-refractivity contribution in [2.45, 2.75) is 11.2 Å². The summed E-state index contributed by atoms with van der Waals surface area (Å²) in [5.41, 5.74) is 2.67. The monoisotopic (exact) mass is 345 g/mol. The number of furan rings is 1. The van der Waals surface area contributed by atoms with E-state index in [1.54, 1.807) is 18.4 Å². The van der Waals surface area contributed by atoms with Crippen LogP contribution in [0.4, 0.5) is 5.69 Å². The van der Waals surface area contributed by atoms with Gasteiger partial charge in [0.1, 0.15) is 5.58 Å². The highest BCUT2D eigenvalue weighted by atomic mass is 79.9. The lowest BCUT2D eigenvalue weighted by Gasteiger charge is -2.08. The Morgan fingerprint density at radius 3 is 2.67 bits per heavy atom. The van der Waals surface area contributed by atoms with E-state index >= 15 is 0 Å². The van der Waals surface area contributed by atoms with E-state index in [1.807, 2.05) is 30.3 Å². The first-order valence-corrected chi connectivity index (χ1v) is 7.41. The van der Waals surface area contributed by atoms with Crippen molar-refractivity contribution in [2.75, 3.05) is 0 Å². The van der Waals surface area contributed by atoms with Gasteiger partial charge in [-0.3, -0.25) is 10.1 Å². The van der Waals surface area contributed by atoms with E-state index in [9.17, 15) is 10.1 Å². The van der Waals surface area contributed by atoms with Crippen LogP contribution < -0.4 is 0 Å². The van der Waals surface area contributed by atoms with Gasteiger partial charge in [0.25, 0.3) is 5.69 Å². The summed E-state index contributed by atoms with van der Waals surface area (Å²) in [6.45, 7) is 0. The molecule has 0 aliphatic carbocycles. The van der Waals surface area contributed by atoms with Crippen LogP contribution in [0.1, 0.15) is 16.0 Å². The number of hydrogen-bond donors (Lipinski definition) is 0. The van der Waals surface area contributed by atoms with Crippen LogP contribution >= 0.6 is 15.9 Å². The fraction of sp³-hybridized carbons (Fsp3) is 0.125. The molecular weight excluding hydrogens is 334 g/mol. The molecule has 0 N–H and O–H groups in total. The molecule has 0 radical (unpaired) electrons. The molecular formula is C16H12BrNO3. The number of rotatable bonds is 4. The summed E-state index contributed by atoms with van der Waals surface area (Å²) in [5.74, 6) is 0. The Morgan fingerprint density at radius 2 is 1.86 bits per heavy atom. The van der Waals surface area contributed by atoms with E-state index in [0.29, 0.717) is 12.0 Å². The summed E-state index contributed by atoms with van der Waals surface area (Å²) in [7, 11) is 0. The molecule has 0 fully saturated rings. The minimum Gasteiger partial charge on any atom is -0.464 e. The quantitative estimate of drug-likeness (QED) is 0.379. The van der Waals surface area contributed by atoms with Crippen molar-refractivity contribution >= 4 is 32.6 Å². The molecule has 0 amide bonds. The molecule has 106 valence electrons. The third kappa shape index (κ3) is 2.69. The Labute approximate surface area is 129 Å². The minimum absolute atomic E-state index is 0.0396. The minimum atomic E-state index is -0.345. The molecule has 5 heteroatoms. The molecule has 3 rings (SSSR count). The van der Waals surface area contributed by atoms with E-state index in [1.165, 1.54) is 6.07 Å². The van der Waals surface area contributed by atoms with Crippen molar-refractivity contribution in [3.63, 3.8) is 0 Å². The van der Waals surface area contributed by atoms with Gasteiger partial charge in [-0.15, -0.1) is 0 Å². The average molecular weight is 346 g/mol. The molecule has 0 aliphatic heterocycles. The van der Waals surface area contributed by atoms with Crippen molar-refractivity contribution in [1.82, 2.24) is 0 Å². The molecule has 0 aliphatic rings. The lowest BCUT2D eigenvalue weighted by molar-refractivity contribution is -0.385. The molecule has 1 aromatic heterocycles. The van der Waals surface area contributed by atoms with Crippen molar-refractivity contribution in [1.29, 1.82) is 0 Å². The highest BCUT2D eigenvalue weighted by Crippen LogP contribution is 2.35. The summed E-state index contributed by atoms with van der Waals surface area (Å²) in [4.78, 5) is 10.7. The summed E-state index contributed by atoms with van der Waals surface area (Å²) < 4.78 is 5.52. The van der Waals surface area contributed by atoms with E-state index in [0.717, 1.165) is 16.5 Å². The van der Waals surface area contributed by atoms with Gasteiger partial charge in [-0.05, 0) is 12.5 Å². The lowest BCUT2D eigenvalue weighted by Crippen LogP contribution is -1.99. The molecule has 0 saturated heterocycles. The van der Waals surface area contributed by atoms with Gasteiger partial charge in [-0.1, -0.05) is 52.3 Å². The van der Waals surface area contributed by atoms with E-state index in [2.05, 4.69) is 15.9 Å². The maximum absolute atomic E-state index is 11.1. The number of alkyl halides is 1. The number of nitrogens with zero attached hydrogens (tertiary/aromatic N) is 1. The maximum Gasteiger partial charge on any atom is 0.272 e. The molecule has 0 spiro atoms. The summed E-state index contributed by atoms with van der Waals surface area (Å²) >= 11 is 3.62. The molecule has 1 atom stereocenters. The summed E-state index contributed by atoms with van der Waals surface area (Å²) in [5, 5.41) is 12.1. The maximum atomic E-state index is 11.1. The number of halogens is 1. The van der Waals surface area contributed by atoms with Crippen molar-refractivity contribution in [3.05, 3.63) is 76.0 Å². The second-order valence-corrected chi connectivity index (χ2v) is 5.85. The summed E-state index contributed by atoms with van der Waals surface area (Å²) in [6.07, 6.45) is 2.24. The fourth-order valence-corrected chi connectivity index (χ4v) is 3.11. The highest BCUT2D eigenvalue weighted by Gasteiger charge is 2.19.